The molecule has 0 spiro atoms. The molecule has 1 heterocycles. The van der Waals surface area contributed by atoms with Crippen molar-refractivity contribution in [3.63, 3.8) is 0 Å². The fraction of sp³-hybridized carbons (Fsp3) is 0.0909. The van der Waals surface area contributed by atoms with Gasteiger partial charge in [-0.15, -0.1) is 22.9 Å². The third-order valence-electron chi connectivity index (χ3n) is 1.96. The molecule has 0 amide bonds. The number of benzene rings is 1. The van der Waals surface area contributed by atoms with Gasteiger partial charge >= 0.3 is 0 Å². The molecule has 2 rings (SSSR count). The van der Waals surface area contributed by atoms with E-state index in [0.717, 1.165) is 10.0 Å². The molecule has 1 aromatic carbocycles. The molecule has 2 aromatic rings. The van der Waals surface area contributed by atoms with Crippen LogP contribution in [0.2, 0.25) is 0 Å². The van der Waals surface area contributed by atoms with Crippen molar-refractivity contribution in [2.75, 3.05) is 0 Å². The average Bonchev–Trinajstić information content (AvgIpc) is 2.71. The molecule has 1 aromatic heterocycles. The molecule has 1 unspecified atom stereocenters. The lowest BCUT2D eigenvalue weighted by Gasteiger charge is -2.07. The lowest BCUT2D eigenvalue weighted by Crippen LogP contribution is -1.88. The third kappa shape index (κ3) is 2.19. The van der Waals surface area contributed by atoms with Gasteiger partial charge in [-0.2, -0.15) is 0 Å². The highest BCUT2D eigenvalue weighted by molar-refractivity contribution is 9.10. The van der Waals surface area contributed by atoms with Gasteiger partial charge in [-0.05, 0) is 29.1 Å². The maximum atomic E-state index is 6.32. The van der Waals surface area contributed by atoms with Crippen molar-refractivity contribution in [2.24, 2.45) is 0 Å². The number of thiophene rings is 1. The van der Waals surface area contributed by atoms with Crippen molar-refractivity contribution in [3.05, 3.63) is 56.7 Å². The zero-order valence-corrected chi connectivity index (χ0v) is 10.4. The highest BCUT2D eigenvalue weighted by atomic mass is 79.9. The molecular formula is C11H8BrClS. The molecule has 3 heteroatoms. The Hall–Kier alpha value is -0.310. The Labute approximate surface area is 101 Å². The first-order chi connectivity index (χ1) is 6.77. The minimum Gasteiger partial charge on any atom is -0.147 e. The smallest absolute Gasteiger partial charge is 0.0927 e. The van der Waals surface area contributed by atoms with Gasteiger partial charge in [-0.25, -0.2) is 0 Å². The van der Waals surface area contributed by atoms with Gasteiger partial charge < -0.3 is 0 Å². The van der Waals surface area contributed by atoms with Crippen LogP contribution in [0.5, 0.6) is 0 Å². The van der Waals surface area contributed by atoms with Gasteiger partial charge in [0.15, 0.2) is 0 Å². The number of hydrogen-bond donors (Lipinski definition) is 0. The topological polar surface area (TPSA) is 0 Å². The van der Waals surface area contributed by atoms with Gasteiger partial charge in [-0.1, -0.05) is 34.1 Å². The number of hydrogen-bond acceptors (Lipinski definition) is 1. The highest BCUT2D eigenvalue weighted by Crippen LogP contribution is 2.32. The second-order valence-electron chi connectivity index (χ2n) is 2.93. The van der Waals surface area contributed by atoms with Gasteiger partial charge in [0.2, 0.25) is 0 Å². The van der Waals surface area contributed by atoms with Crippen molar-refractivity contribution >= 4 is 38.9 Å². The minimum atomic E-state index is -0.0249. The SMILES string of the molecule is ClC(c1ccc(Br)cc1)c1cccs1. The monoisotopic (exact) mass is 286 g/mol. The van der Waals surface area contributed by atoms with Crippen molar-refractivity contribution in [2.45, 2.75) is 5.38 Å². The number of halogens is 2. The van der Waals surface area contributed by atoms with Gasteiger partial charge in [0.05, 0.1) is 5.38 Å². The van der Waals surface area contributed by atoms with E-state index in [1.54, 1.807) is 11.3 Å². The van der Waals surface area contributed by atoms with E-state index in [4.69, 9.17) is 11.6 Å². The molecule has 0 saturated heterocycles. The molecule has 0 aliphatic heterocycles. The van der Waals surface area contributed by atoms with E-state index in [0.29, 0.717) is 0 Å². The van der Waals surface area contributed by atoms with Gasteiger partial charge in [0.1, 0.15) is 0 Å². The van der Waals surface area contributed by atoms with E-state index in [-0.39, 0.29) is 5.38 Å². The van der Waals surface area contributed by atoms with E-state index in [1.165, 1.54) is 4.88 Å². The van der Waals surface area contributed by atoms with E-state index in [2.05, 4.69) is 22.0 Å². The maximum absolute atomic E-state index is 6.32. The molecule has 0 aliphatic rings. The maximum Gasteiger partial charge on any atom is 0.0927 e. The van der Waals surface area contributed by atoms with Crippen LogP contribution in [0, 0.1) is 0 Å². The molecule has 0 N–H and O–H groups in total. The van der Waals surface area contributed by atoms with Crippen LogP contribution in [0.15, 0.2) is 46.3 Å². The van der Waals surface area contributed by atoms with Crippen LogP contribution in [-0.4, -0.2) is 0 Å². The standard InChI is InChI=1S/C11H8BrClS/c12-9-5-3-8(4-6-9)11(13)10-2-1-7-14-10/h1-7,11H. The number of rotatable bonds is 2. The molecule has 0 radical (unpaired) electrons. The van der Waals surface area contributed by atoms with Crippen LogP contribution in [0.3, 0.4) is 0 Å². The lowest BCUT2D eigenvalue weighted by molar-refractivity contribution is 1.18. The first-order valence-electron chi connectivity index (χ1n) is 4.20. The van der Waals surface area contributed by atoms with Crippen LogP contribution >= 0.6 is 38.9 Å². The summed E-state index contributed by atoms with van der Waals surface area (Å²) in [4.78, 5) is 1.19. The van der Waals surface area contributed by atoms with Crippen molar-refractivity contribution in [1.82, 2.24) is 0 Å². The Morgan fingerprint density at radius 1 is 1.14 bits per heavy atom. The highest BCUT2D eigenvalue weighted by Gasteiger charge is 2.10. The summed E-state index contributed by atoms with van der Waals surface area (Å²) in [5.74, 6) is 0. The van der Waals surface area contributed by atoms with E-state index in [1.807, 2.05) is 35.7 Å². The summed E-state index contributed by atoms with van der Waals surface area (Å²) >= 11 is 11.4. The molecule has 0 saturated carbocycles. The van der Waals surface area contributed by atoms with Crippen LogP contribution in [0.4, 0.5) is 0 Å². The Balaban J connectivity index is 2.28. The van der Waals surface area contributed by atoms with Crippen LogP contribution < -0.4 is 0 Å². The first kappa shape index (κ1) is 10.2. The zero-order valence-electron chi connectivity index (χ0n) is 7.28. The lowest BCUT2D eigenvalue weighted by atomic mass is 10.1. The number of alkyl halides is 1. The molecule has 0 fully saturated rings. The summed E-state index contributed by atoms with van der Waals surface area (Å²) in [5, 5.41) is 2.02. The molecule has 14 heavy (non-hydrogen) atoms. The Bertz CT molecular complexity index is 394. The van der Waals surface area contributed by atoms with Gasteiger partial charge in [0.25, 0.3) is 0 Å². The molecule has 0 nitrogen and oxygen atoms in total. The summed E-state index contributed by atoms with van der Waals surface area (Å²) in [5.41, 5.74) is 1.14. The second kappa shape index (κ2) is 4.47. The van der Waals surface area contributed by atoms with E-state index >= 15 is 0 Å². The van der Waals surface area contributed by atoms with Crippen molar-refractivity contribution in [1.29, 1.82) is 0 Å². The minimum absolute atomic E-state index is 0.0249. The van der Waals surface area contributed by atoms with Crippen LogP contribution in [-0.2, 0) is 0 Å². The zero-order chi connectivity index (χ0) is 9.97. The van der Waals surface area contributed by atoms with Crippen molar-refractivity contribution in [3.8, 4) is 0 Å². The summed E-state index contributed by atoms with van der Waals surface area (Å²) in [6, 6.07) is 12.2. The fourth-order valence-electron chi connectivity index (χ4n) is 1.23. The van der Waals surface area contributed by atoms with Gasteiger partial charge in [0, 0.05) is 9.35 Å². The molecule has 1 atom stereocenters. The molecular weight excluding hydrogens is 280 g/mol. The summed E-state index contributed by atoms with van der Waals surface area (Å²) < 4.78 is 1.08. The Morgan fingerprint density at radius 2 is 1.86 bits per heavy atom. The van der Waals surface area contributed by atoms with Crippen molar-refractivity contribution < 1.29 is 0 Å². The van der Waals surface area contributed by atoms with Gasteiger partial charge in [-0.3, -0.25) is 0 Å². The predicted molar refractivity (Wildman–Crippen MR) is 66.2 cm³/mol. The quantitative estimate of drug-likeness (QED) is 0.693. The Morgan fingerprint density at radius 3 is 2.43 bits per heavy atom. The fourth-order valence-corrected chi connectivity index (χ4v) is 2.60. The Kier molecular flexibility index (Phi) is 3.26. The first-order valence-corrected chi connectivity index (χ1v) is 6.31. The van der Waals surface area contributed by atoms with Crippen LogP contribution in [0.1, 0.15) is 15.8 Å². The average molecular weight is 288 g/mol. The largest absolute Gasteiger partial charge is 0.147 e. The normalized spacial score (nSPS) is 12.7. The van der Waals surface area contributed by atoms with Crippen LogP contribution in [0.25, 0.3) is 0 Å². The predicted octanol–water partition coefficient (Wildman–Crippen LogP) is 4.84. The summed E-state index contributed by atoms with van der Waals surface area (Å²) in [7, 11) is 0. The molecule has 0 aliphatic carbocycles. The molecule has 0 bridgehead atoms. The second-order valence-corrected chi connectivity index (χ2v) is 5.26. The summed E-state index contributed by atoms with van der Waals surface area (Å²) in [6.07, 6.45) is 0. The van der Waals surface area contributed by atoms with E-state index in [9.17, 15) is 0 Å². The third-order valence-corrected chi connectivity index (χ3v) is 4.04. The summed E-state index contributed by atoms with van der Waals surface area (Å²) in [6.45, 7) is 0. The van der Waals surface area contributed by atoms with E-state index < -0.39 is 0 Å². The molecule has 72 valence electrons.